The summed E-state index contributed by atoms with van der Waals surface area (Å²) >= 11 is 0. The molecule has 2 atom stereocenters. The van der Waals surface area contributed by atoms with Crippen LogP contribution < -0.4 is 5.73 Å². The van der Waals surface area contributed by atoms with Crippen molar-refractivity contribution in [1.82, 2.24) is 0 Å². The van der Waals surface area contributed by atoms with Crippen LogP contribution in [0.1, 0.15) is 11.6 Å². The molecule has 2 aromatic rings. The van der Waals surface area contributed by atoms with E-state index >= 15 is 0 Å². The second kappa shape index (κ2) is 6.04. The van der Waals surface area contributed by atoms with Crippen molar-refractivity contribution in [3.8, 4) is 0 Å². The molecular formula is C14H13F2NOS. The number of hydrogen-bond acceptors (Lipinski definition) is 2. The molecule has 0 aliphatic rings. The summed E-state index contributed by atoms with van der Waals surface area (Å²) < 4.78 is 38.5. The Morgan fingerprint density at radius 2 is 1.79 bits per heavy atom. The second-order valence-electron chi connectivity index (χ2n) is 4.10. The molecule has 0 amide bonds. The molecule has 0 radical (unpaired) electrons. The lowest BCUT2D eigenvalue weighted by Crippen LogP contribution is -2.18. The Kier molecular flexibility index (Phi) is 4.39. The van der Waals surface area contributed by atoms with Gasteiger partial charge in [0.05, 0.1) is 15.7 Å². The van der Waals surface area contributed by atoms with Crippen molar-refractivity contribution in [3.63, 3.8) is 0 Å². The third-order valence-electron chi connectivity index (χ3n) is 2.70. The molecule has 0 aromatic heterocycles. The number of benzene rings is 2. The van der Waals surface area contributed by atoms with Crippen molar-refractivity contribution >= 4 is 10.8 Å². The molecule has 0 saturated carbocycles. The van der Waals surface area contributed by atoms with Gasteiger partial charge in [-0.15, -0.1) is 0 Å². The molecule has 0 aliphatic carbocycles. The van der Waals surface area contributed by atoms with Crippen molar-refractivity contribution in [2.75, 3.05) is 5.75 Å². The van der Waals surface area contributed by atoms with Gasteiger partial charge >= 0.3 is 0 Å². The maximum Gasteiger partial charge on any atom is 0.139 e. The lowest BCUT2D eigenvalue weighted by molar-refractivity contribution is 0.571. The van der Waals surface area contributed by atoms with E-state index in [9.17, 15) is 13.0 Å². The molecule has 0 fully saturated rings. The summed E-state index contributed by atoms with van der Waals surface area (Å²) in [4.78, 5) is -0.147. The summed E-state index contributed by atoms with van der Waals surface area (Å²) in [5.41, 5.74) is 6.72. The molecular weight excluding hydrogens is 268 g/mol. The third-order valence-corrected chi connectivity index (χ3v) is 4.16. The summed E-state index contributed by atoms with van der Waals surface area (Å²) in [6.07, 6.45) is 0. The first kappa shape index (κ1) is 13.8. The summed E-state index contributed by atoms with van der Waals surface area (Å²) in [5, 5.41) is 0. The number of hydrogen-bond donors (Lipinski definition) is 1. The Morgan fingerprint density at radius 3 is 2.47 bits per heavy atom. The minimum atomic E-state index is -1.68. The van der Waals surface area contributed by atoms with Gasteiger partial charge < -0.3 is 5.73 Å². The first-order valence-electron chi connectivity index (χ1n) is 5.72. The summed E-state index contributed by atoms with van der Waals surface area (Å²) in [6, 6.07) is 11.5. The first-order chi connectivity index (χ1) is 9.08. The van der Waals surface area contributed by atoms with E-state index in [0.29, 0.717) is 0 Å². The Balaban J connectivity index is 2.15. The molecule has 0 aliphatic heterocycles. The average molecular weight is 281 g/mol. The summed E-state index contributed by atoms with van der Waals surface area (Å²) in [7, 11) is -1.68. The molecule has 2 unspecified atom stereocenters. The van der Waals surface area contributed by atoms with Crippen LogP contribution in [0.5, 0.6) is 0 Å². The first-order valence-corrected chi connectivity index (χ1v) is 7.04. The van der Waals surface area contributed by atoms with Gasteiger partial charge in [-0.2, -0.15) is 0 Å². The Morgan fingerprint density at radius 1 is 1.11 bits per heavy atom. The lowest BCUT2D eigenvalue weighted by Gasteiger charge is -2.12. The monoisotopic (exact) mass is 281 g/mol. The van der Waals surface area contributed by atoms with E-state index in [2.05, 4.69) is 0 Å². The summed E-state index contributed by atoms with van der Waals surface area (Å²) in [5.74, 6) is -1.25. The molecule has 19 heavy (non-hydrogen) atoms. The zero-order chi connectivity index (χ0) is 13.8. The van der Waals surface area contributed by atoms with Crippen molar-refractivity contribution in [2.45, 2.75) is 10.9 Å². The van der Waals surface area contributed by atoms with Gasteiger partial charge in [-0.3, -0.25) is 4.21 Å². The molecule has 100 valence electrons. The number of halogens is 2. The molecule has 0 bridgehead atoms. The standard InChI is InChI=1S/C14H13F2NOS/c15-11-6-7-12(16)14(8-11)19(18)9-13(17)10-4-2-1-3-5-10/h1-8,13H,9,17H2. The van der Waals surface area contributed by atoms with Gasteiger partial charge in [-0.1, -0.05) is 30.3 Å². The van der Waals surface area contributed by atoms with Crippen molar-refractivity contribution < 1.29 is 13.0 Å². The topological polar surface area (TPSA) is 43.1 Å². The van der Waals surface area contributed by atoms with Crippen LogP contribution in [0.25, 0.3) is 0 Å². The SMILES string of the molecule is NC(CS(=O)c1cc(F)ccc1F)c1ccccc1. The van der Waals surface area contributed by atoms with Crippen LogP contribution in [-0.2, 0) is 10.8 Å². The van der Waals surface area contributed by atoms with Gasteiger partial charge in [0.1, 0.15) is 11.6 Å². The highest BCUT2D eigenvalue weighted by molar-refractivity contribution is 7.85. The fourth-order valence-electron chi connectivity index (χ4n) is 1.70. The van der Waals surface area contributed by atoms with Crippen molar-refractivity contribution in [2.24, 2.45) is 5.73 Å². The fourth-order valence-corrected chi connectivity index (χ4v) is 2.93. The number of nitrogens with two attached hydrogens (primary N) is 1. The smallest absolute Gasteiger partial charge is 0.139 e. The van der Waals surface area contributed by atoms with Crippen LogP contribution in [0.15, 0.2) is 53.4 Å². The average Bonchev–Trinajstić information content (AvgIpc) is 2.42. The molecule has 0 heterocycles. The molecule has 2 nitrogen and oxygen atoms in total. The Hall–Kier alpha value is -1.59. The van der Waals surface area contributed by atoms with E-state index < -0.39 is 28.5 Å². The maximum absolute atomic E-state index is 13.5. The van der Waals surface area contributed by atoms with Crippen LogP contribution >= 0.6 is 0 Å². The van der Waals surface area contributed by atoms with E-state index in [4.69, 9.17) is 5.73 Å². The van der Waals surface area contributed by atoms with Gasteiger partial charge in [0.15, 0.2) is 0 Å². The van der Waals surface area contributed by atoms with Crippen LogP contribution in [-0.4, -0.2) is 9.96 Å². The normalized spacial score (nSPS) is 14.1. The predicted molar refractivity (Wildman–Crippen MR) is 71.0 cm³/mol. The molecule has 5 heteroatoms. The molecule has 2 N–H and O–H groups in total. The highest BCUT2D eigenvalue weighted by Gasteiger charge is 2.16. The minimum absolute atomic E-state index is 0.0460. The third kappa shape index (κ3) is 3.45. The Bertz CT molecular complexity index is 589. The predicted octanol–water partition coefficient (Wildman–Crippen LogP) is 2.77. The minimum Gasteiger partial charge on any atom is -0.323 e. The second-order valence-corrected chi connectivity index (χ2v) is 5.57. The summed E-state index contributed by atoms with van der Waals surface area (Å²) in [6.45, 7) is 0. The van der Waals surface area contributed by atoms with Crippen molar-refractivity contribution in [1.29, 1.82) is 0 Å². The van der Waals surface area contributed by atoms with Crippen LogP contribution in [0.2, 0.25) is 0 Å². The van der Waals surface area contributed by atoms with Crippen LogP contribution in [0.3, 0.4) is 0 Å². The van der Waals surface area contributed by atoms with E-state index in [1.807, 2.05) is 30.3 Å². The maximum atomic E-state index is 13.5. The van der Waals surface area contributed by atoms with E-state index in [0.717, 1.165) is 23.8 Å². The van der Waals surface area contributed by atoms with Crippen LogP contribution in [0, 0.1) is 11.6 Å². The fraction of sp³-hybridized carbons (Fsp3) is 0.143. The quantitative estimate of drug-likeness (QED) is 0.936. The van der Waals surface area contributed by atoms with Gasteiger partial charge in [-0.25, -0.2) is 8.78 Å². The highest BCUT2D eigenvalue weighted by atomic mass is 32.2. The van der Waals surface area contributed by atoms with Gasteiger partial charge in [-0.05, 0) is 23.8 Å². The lowest BCUT2D eigenvalue weighted by atomic mass is 10.1. The molecule has 0 spiro atoms. The molecule has 0 saturated heterocycles. The molecule has 2 rings (SSSR count). The van der Waals surface area contributed by atoms with Crippen molar-refractivity contribution in [3.05, 3.63) is 65.7 Å². The molecule has 2 aromatic carbocycles. The van der Waals surface area contributed by atoms with Gasteiger partial charge in [0, 0.05) is 11.8 Å². The van der Waals surface area contributed by atoms with E-state index in [1.165, 1.54) is 0 Å². The van der Waals surface area contributed by atoms with Gasteiger partial charge in [0.25, 0.3) is 0 Å². The zero-order valence-corrected chi connectivity index (χ0v) is 10.9. The van der Waals surface area contributed by atoms with E-state index in [1.54, 1.807) is 0 Å². The van der Waals surface area contributed by atoms with Gasteiger partial charge in [0.2, 0.25) is 0 Å². The number of rotatable bonds is 4. The van der Waals surface area contributed by atoms with E-state index in [-0.39, 0.29) is 10.6 Å². The zero-order valence-electron chi connectivity index (χ0n) is 10.1. The Labute approximate surface area is 112 Å². The van der Waals surface area contributed by atoms with Crippen LogP contribution in [0.4, 0.5) is 8.78 Å². The largest absolute Gasteiger partial charge is 0.323 e. The highest BCUT2D eigenvalue weighted by Crippen LogP contribution is 2.18.